The second kappa shape index (κ2) is 11.5. The number of aryl methyl sites for hydroxylation is 1. The highest BCUT2D eigenvalue weighted by molar-refractivity contribution is 6.30. The molecule has 0 saturated carbocycles. The summed E-state index contributed by atoms with van der Waals surface area (Å²) in [6.07, 6.45) is 1.42. The summed E-state index contributed by atoms with van der Waals surface area (Å²) >= 11 is 12.1. The van der Waals surface area contributed by atoms with Gasteiger partial charge < -0.3 is 0 Å². The fourth-order valence-corrected chi connectivity index (χ4v) is 4.45. The number of hydrazone groups is 1. The molecule has 0 aliphatic heterocycles. The van der Waals surface area contributed by atoms with Crippen molar-refractivity contribution in [2.24, 2.45) is 5.10 Å². The molecule has 190 valence electrons. The van der Waals surface area contributed by atoms with Gasteiger partial charge in [0, 0.05) is 21.9 Å². The van der Waals surface area contributed by atoms with Gasteiger partial charge >= 0.3 is 0 Å². The second-order valence-corrected chi connectivity index (χ2v) is 11.0. The van der Waals surface area contributed by atoms with Gasteiger partial charge in [-0.15, -0.1) is 11.6 Å². The summed E-state index contributed by atoms with van der Waals surface area (Å²) in [4.78, 5) is 18.4. The van der Waals surface area contributed by atoms with Crippen LogP contribution in [0.25, 0.3) is 22.2 Å². The third kappa shape index (κ3) is 6.38. The van der Waals surface area contributed by atoms with Crippen LogP contribution in [0, 0.1) is 6.92 Å². The predicted octanol–water partition coefficient (Wildman–Crippen LogP) is 8.31. The molecule has 1 N–H and O–H groups in total. The Morgan fingerprint density at radius 1 is 1.00 bits per heavy atom. The number of aromatic nitrogens is 1. The molecule has 1 amide bonds. The molecule has 0 saturated heterocycles. The molecule has 0 radical (unpaired) electrons. The smallest absolute Gasteiger partial charge is 0.267 e. The van der Waals surface area contributed by atoms with Crippen molar-refractivity contribution in [3.05, 3.63) is 100 Å². The van der Waals surface area contributed by atoms with E-state index in [-0.39, 0.29) is 11.3 Å². The van der Waals surface area contributed by atoms with Gasteiger partial charge in [-0.25, -0.2) is 10.4 Å². The molecule has 4 aromatic rings. The average Bonchev–Trinajstić information content (AvgIpc) is 2.88. The predicted molar refractivity (Wildman–Crippen MR) is 156 cm³/mol. The molecule has 0 unspecified atom stereocenters. The van der Waals surface area contributed by atoms with E-state index in [2.05, 4.69) is 55.6 Å². The largest absolute Gasteiger partial charge is 0.272 e. The van der Waals surface area contributed by atoms with Gasteiger partial charge in [0.05, 0.1) is 22.5 Å². The van der Waals surface area contributed by atoms with Crippen molar-refractivity contribution in [1.82, 2.24) is 10.4 Å². The Labute approximate surface area is 228 Å². The zero-order valence-electron chi connectivity index (χ0n) is 21.6. The molecule has 37 heavy (non-hydrogen) atoms. The number of rotatable bonds is 7. The minimum atomic E-state index is -0.289. The first-order valence-electron chi connectivity index (χ1n) is 12.4. The maximum atomic E-state index is 13.5. The van der Waals surface area contributed by atoms with E-state index >= 15 is 0 Å². The molecule has 6 heteroatoms. The number of nitrogens with one attached hydrogen (secondary N) is 1. The van der Waals surface area contributed by atoms with Crippen molar-refractivity contribution >= 4 is 45.7 Å². The summed E-state index contributed by atoms with van der Waals surface area (Å²) in [6.45, 7) is 8.55. The lowest BCUT2D eigenvalue weighted by Crippen LogP contribution is -2.21. The number of hydrogen-bond acceptors (Lipinski definition) is 3. The highest BCUT2D eigenvalue weighted by Crippen LogP contribution is 2.28. The average molecular weight is 533 g/mol. The minimum Gasteiger partial charge on any atom is -0.267 e. The Morgan fingerprint density at radius 2 is 1.70 bits per heavy atom. The number of pyridine rings is 1. The SMILES string of the molecule is Cc1cccc2c(C(=O)N/N=C(\CCCCl)c3ccc(C(C)(C)C)cc3)cc(-c3ccc(Cl)cc3)nc12. The first-order valence-corrected chi connectivity index (χ1v) is 13.3. The molecule has 0 spiro atoms. The summed E-state index contributed by atoms with van der Waals surface area (Å²) in [5.41, 5.74) is 9.74. The number of benzene rings is 3. The molecule has 1 heterocycles. The van der Waals surface area contributed by atoms with Gasteiger partial charge in [0.2, 0.25) is 0 Å². The molecule has 0 aliphatic carbocycles. The van der Waals surface area contributed by atoms with Crippen LogP contribution in [-0.2, 0) is 5.41 Å². The molecule has 4 nitrogen and oxygen atoms in total. The number of halogens is 2. The van der Waals surface area contributed by atoms with Crippen molar-refractivity contribution in [2.75, 3.05) is 5.88 Å². The van der Waals surface area contributed by atoms with E-state index in [4.69, 9.17) is 28.2 Å². The standard InChI is InChI=1S/C31H31Cl2N3O/c1-20-7-5-8-25-26(19-28(34-29(20)25)22-12-16-24(33)17-13-22)30(37)36-35-27(9-6-18-32)21-10-14-23(15-11-21)31(2,3)4/h5,7-8,10-17,19H,6,9,18H2,1-4H3,(H,36,37)/b35-27+. The van der Waals surface area contributed by atoms with Crippen LogP contribution < -0.4 is 5.43 Å². The first-order chi connectivity index (χ1) is 17.7. The highest BCUT2D eigenvalue weighted by Gasteiger charge is 2.17. The van der Waals surface area contributed by atoms with Crippen LogP contribution in [0.1, 0.15) is 60.7 Å². The molecule has 0 fully saturated rings. The topological polar surface area (TPSA) is 54.4 Å². The van der Waals surface area contributed by atoms with Gasteiger partial charge in [-0.1, -0.05) is 87.0 Å². The first kappa shape index (κ1) is 26.8. The van der Waals surface area contributed by atoms with E-state index < -0.39 is 0 Å². The van der Waals surface area contributed by atoms with Crippen molar-refractivity contribution in [1.29, 1.82) is 0 Å². The number of fused-ring (bicyclic) bond motifs is 1. The van der Waals surface area contributed by atoms with Gasteiger partial charge in [0.1, 0.15) is 0 Å². The molecule has 0 bridgehead atoms. The Kier molecular flexibility index (Phi) is 8.31. The van der Waals surface area contributed by atoms with Gasteiger partial charge in [-0.2, -0.15) is 5.10 Å². The van der Waals surface area contributed by atoms with Crippen LogP contribution >= 0.6 is 23.2 Å². The zero-order chi connectivity index (χ0) is 26.6. The lowest BCUT2D eigenvalue weighted by Gasteiger charge is -2.19. The number of nitrogens with zero attached hydrogens (tertiary/aromatic N) is 2. The molecule has 4 rings (SSSR count). The van der Waals surface area contributed by atoms with E-state index in [0.717, 1.165) is 39.7 Å². The van der Waals surface area contributed by atoms with Crippen LogP contribution in [0.15, 0.2) is 77.9 Å². The minimum absolute atomic E-state index is 0.0581. The lowest BCUT2D eigenvalue weighted by molar-refractivity contribution is 0.0956. The summed E-state index contributed by atoms with van der Waals surface area (Å²) in [6, 6.07) is 23.4. The maximum absolute atomic E-state index is 13.5. The Morgan fingerprint density at radius 3 is 2.35 bits per heavy atom. The van der Waals surface area contributed by atoms with Crippen LogP contribution in [0.3, 0.4) is 0 Å². The van der Waals surface area contributed by atoms with Gasteiger partial charge in [-0.05, 0) is 60.1 Å². The summed E-state index contributed by atoms with van der Waals surface area (Å²) in [5, 5.41) is 5.99. The number of carbonyl (C=O) groups is 1. The summed E-state index contributed by atoms with van der Waals surface area (Å²) in [7, 11) is 0. The highest BCUT2D eigenvalue weighted by atomic mass is 35.5. The van der Waals surface area contributed by atoms with Gasteiger partial charge in [0.25, 0.3) is 5.91 Å². The van der Waals surface area contributed by atoms with Crippen molar-refractivity contribution in [3.63, 3.8) is 0 Å². The number of carbonyl (C=O) groups excluding carboxylic acids is 1. The molecular weight excluding hydrogens is 501 g/mol. The van der Waals surface area contributed by atoms with E-state index in [1.807, 2.05) is 55.5 Å². The number of hydrogen-bond donors (Lipinski definition) is 1. The lowest BCUT2D eigenvalue weighted by atomic mass is 9.86. The third-order valence-corrected chi connectivity index (χ3v) is 6.87. The van der Waals surface area contributed by atoms with Crippen LogP contribution in [0.5, 0.6) is 0 Å². The van der Waals surface area contributed by atoms with Crippen molar-refractivity contribution < 1.29 is 4.79 Å². The fourth-order valence-electron chi connectivity index (χ4n) is 4.19. The molecule has 0 aliphatic rings. The van der Waals surface area contributed by atoms with E-state index in [0.29, 0.717) is 28.6 Å². The van der Waals surface area contributed by atoms with Crippen molar-refractivity contribution in [2.45, 2.75) is 46.0 Å². The fraction of sp³-hybridized carbons (Fsp3) is 0.258. The molecular formula is C31H31Cl2N3O. The van der Waals surface area contributed by atoms with Crippen molar-refractivity contribution in [3.8, 4) is 11.3 Å². The van der Waals surface area contributed by atoms with Gasteiger partial charge in [-0.3, -0.25) is 4.79 Å². The normalized spacial score (nSPS) is 12.1. The number of alkyl halides is 1. The maximum Gasteiger partial charge on any atom is 0.272 e. The van der Waals surface area contributed by atoms with E-state index in [1.165, 1.54) is 5.56 Å². The summed E-state index contributed by atoms with van der Waals surface area (Å²) < 4.78 is 0. The third-order valence-electron chi connectivity index (χ3n) is 6.35. The monoisotopic (exact) mass is 531 g/mol. The second-order valence-electron chi connectivity index (χ2n) is 10.2. The molecule has 0 atom stereocenters. The number of amides is 1. The van der Waals surface area contributed by atoms with Crippen LogP contribution in [0.4, 0.5) is 0 Å². The molecule has 1 aromatic heterocycles. The Balaban J connectivity index is 1.71. The van der Waals surface area contributed by atoms with Gasteiger partial charge in [0.15, 0.2) is 0 Å². The van der Waals surface area contributed by atoms with Crippen LogP contribution in [0.2, 0.25) is 5.02 Å². The van der Waals surface area contributed by atoms with E-state index in [9.17, 15) is 4.79 Å². The molecule has 3 aromatic carbocycles. The number of para-hydroxylation sites is 1. The summed E-state index contributed by atoms with van der Waals surface area (Å²) in [5.74, 6) is 0.231. The van der Waals surface area contributed by atoms with Crippen LogP contribution in [-0.4, -0.2) is 22.5 Å². The Hall–Kier alpha value is -3.21. The quantitative estimate of drug-likeness (QED) is 0.148. The zero-order valence-corrected chi connectivity index (χ0v) is 23.1. The Bertz CT molecular complexity index is 1440. The van der Waals surface area contributed by atoms with E-state index in [1.54, 1.807) is 0 Å².